The van der Waals surface area contributed by atoms with Crippen molar-refractivity contribution in [1.82, 2.24) is 5.32 Å². The van der Waals surface area contributed by atoms with E-state index in [0.717, 1.165) is 4.47 Å². The summed E-state index contributed by atoms with van der Waals surface area (Å²) < 4.78 is 0.829. The van der Waals surface area contributed by atoms with E-state index >= 15 is 0 Å². The number of hydrogen-bond acceptors (Lipinski definition) is 2. The highest BCUT2D eigenvalue weighted by Gasteiger charge is 2.22. The van der Waals surface area contributed by atoms with Crippen molar-refractivity contribution >= 4 is 33.5 Å². The number of carbonyl (C=O) groups is 1. The molecule has 1 rings (SSSR count). The Morgan fingerprint density at radius 3 is 2.56 bits per heavy atom. The number of halogens is 2. The van der Waals surface area contributed by atoms with Gasteiger partial charge in [0.25, 0.3) is 0 Å². The second-order valence-corrected chi connectivity index (χ2v) is 5.08. The molecule has 16 heavy (non-hydrogen) atoms. The van der Waals surface area contributed by atoms with Gasteiger partial charge in [-0.3, -0.25) is 10.1 Å². The molecular formula is C11H13BrClNO2. The lowest BCUT2D eigenvalue weighted by Crippen LogP contribution is -2.33. The Kier molecular flexibility index (Phi) is 4.77. The van der Waals surface area contributed by atoms with Gasteiger partial charge in [-0.1, -0.05) is 33.6 Å². The minimum Gasteiger partial charge on any atom is -0.480 e. The second kappa shape index (κ2) is 5.66. The van der Waals surface area contributed by atoms with Gasteiger partial charge in [0.2, 0.25) is 0 Å². The van der Waals surface area contributed by atoms with Crippen LogP contribution in [-0.2, 0) is 4.79 Å². The molecule has 0 spiro atoms. The average molecular weight is 307 g/mol. The largest absolute Gasteiger partial charge is 0.480 e. The van der Waals surface area contributed by atoms with Crippen molar-refractivity contribution in [3.05, 3.63) is 33.3 Å². The molecule has 1 unspecified atom stereocenters. The molecule has 1 aromatic carbocycles. The molecule has 0 aliphatic heterocycles. The van der Waals surface area contributed by atoms with E-state index in [0.29, 0.717) is 10.6 Å². The van der Waals surface area contributed by atoms with Gasteiger partial charge in [0.15, 0.2) is 0 Å². The van der Waals surface area contributed by atoms with Gasteiger partial charge < -0.3 is 5.11 Å². The number of aliphatic carboxylic acids is 1. The molecule has 0 aliphatic rings. The van der Waals surface area contributed by atoms with Gasteiger partial charge in [-0.15, -0.1) is 0 Å². The van der Waals surface area contributed by atoms with E-state index in [9.17, 15) is 4.79 Å². The molecule has 88 valence electrons. The summed E-state index contributed by atoms with van der Waals surface area (Å²) in [6.45, 7) is 3.78. The van der Waals surface area contributed by atoms with Gasteiger partial charge >= 0.3 is 5.97 Å². The van der Waals surface area contributed by atoms with Gasteiger partial charge in [0, 0.05) is 15.5 Å². The van der Waals surface area contributed by atoms with E-state index in [1.54, 1.807) is 18.2 Å². The van der Waals surface area contributed by atoms with Crippen molar-refractivity contribution < 1.29 is 9.90 Å². The second-order valence-electron chi connectivity index (χ2n) is 3.76. The van der Waals surface area contributed by atoms with Gasteiger partial charge in [-0.05, 0) is 31.5 Å². The lowest BCUT2D eigenvalue weighted by Gasteiger charge is -2.18. The van der Waals surface area contributed by atoms with Crippen LogP contribution in [0.3, 0.4) is 0 Å². The fourth-order valence-electron chi connectivity index (χ4n) is 1.36. The highest BCUT2D eigenvalue weighted by atomic mass is 79.9. The third kappa shape index (κ3) is 3.47. The SMILES string of the molecule is CC(C)NC(C(=O)O)c1ccc(Br)cc1Cl. The van der Waals surface area contributed by atoms with E-state index in [1.807, 2.05) is 13.8 Å². The van der Waals surface area contributed by atoms with Crippen LogP contribution in [0.4, 0.5) is 0 Å². The van der Waals surface area contributed by atoms with Gasteiger partial charge in [0.1, 0.15) is 6.04 Å². The molecule has 3 nitrogen and oxygen atoms in total. The Morgan fingerprint density at radius 2 is 2.12 bits per heavy atom. The van der Waals surface area contributed by atoms with Crippen LogP contribution in [0.15, 0.2) is 22.7 Å². The molecule has 0 amide bonds. The average Bonchev–Trinajstić information content (AvgIpc) is 2.14. The van der Waals surface area contributed by atoms with Crippen LogP contribution in [-0.4, -0.2) is 17.1 Å². The number of rotatable bonds is 4. The first kappa shape index (κ1) is 13.5. The number of carboxylic acids is 1. The summed E-state index contributed by atoms with van der Waals surface area (Å²) in [6.07, 6.45) is 0. The van der Waals surface area contributed by atoms with Crippen molar-refractivity contribution in [2.45, 2.75) is 25.9 Å². The quantitative estimate of drug-likeness (QED) is 0.898. The van der Waals surface area contributed by atoms with E-state index in [1.165, 1.54) is 0 Å². The van der Waals surface area contributed by atoms with Crippen molar-refractivity contribution in [3.8, 4) is 0 Å². The molecule has 0 aromatic heterocycles. The molecule has 0 bridgehead atoms. The van der Waals surface area contributed by atoms with Crippen molar-refractivity contribution in [3.63, 3.8) is 0 Å². The first-order chi connectivity index (χ1) is 7.41. The Balaban J connectivity index is 3.06. The summed E-state index contributed by atoms with van der Waals surface area (Å²) in [4.78, 5) is 11.1. The fourth-order valence-corrected chi connectivity index (χ4v) is 2.15. The predicted molar refractivity (Wildman–Crippen MR) is 67.8 cm³/mol. The lowest BCUT2D eigenvalue weighted by molar-refractivity contribution is -0.139. The molecule has 2 N–H and O–H groups in total. The number of benzene rings is 1. The molecule has 0 saturated carbocycles. The highest BCUT2D eigenvalue weighted by molar-refractivity contribution is 9.10. The van der Waals surface area contributed by atoms with Crippen LogP contribution in [0, 0.1) is 0 Å². The maximum atomic E-state index is 11.1. The van der Waals surface area contributed by atoms with Crippen molar-refractivity contribution in [2.24, 2.45) is 0 Å². The van der Waals surface area contributed by atoms with E-state index in [4.69, 9.17) is 16.7 Å². The topological polar surface area (TPSA) is 49.3 Å². The third-order valence-corrected chi connectivity index (χ3v) is 2.84. The van der Waals surface area contributed by atoms with Crippen LogP contribution >= 0.6 is 27.5 Å². The van der Waals surface area contributed by atoms with E-state index in [2.05, 4.69) is 21.2 Å². The molecule has 1 atom stereocenters. The predicted octanol–water partition coefficient (Wildman–Crippen LogP) is 3.23. The smallest absolute Gasteiger partial charge is 0.325 e. The first-order valence-corrected chi connectivity index (χ1v) is 6.02. The standard InChI is InChI=1S/C11H13BrClNO2/c1-6(2)14-10(11(15)16)8-4-3-7(12)5-9(8)13/h3-6,10,14H,1-2H3,(H,15,16). The third-order valence-electron chi connectivity index (χ3n) is 2.02. The number of carboxylic acid groups (broad SMARTS) is 1. The molecule has 0 saturated heterocycles. The molecular weight excluding hydrogens is 293 g/mol. The Bertz CT molecular complexity index is 396. The molecule has 1 aromatic rings. The maximum Gasteiger partial charge on any atom is 0.325 e. The zero-order valence-electron chi connectivity index (χ0n) is 9.00. The molecule has 0 aliphatic carbocycles. The minimum absolute atomic E-state index is 0.0702. The molecule has 0 heterocycles. The van der Waals surface area contributed by atoms with Crippen LogP contribution < -0.4 is 5.32 Å². The Labute approximate surface area is 108 Å². The summed E-state index contributed by atoms with van der Waals surface area (Å²) in [7, 11) is 0. The normalized spacial score (nSPS) is 12.8. The van der Waals surface area contributed by atoms with Gasteiger partial charge in [0.05, 0.1) is 0 Å². The summed E-state index contributed by atoms with van der Waals surface area (Å²) in [5.74, 6) is -0.932. The van der Waals surface area contributed by atoms with Crippen LogP contribution in [0.25, 0.3) is 0 Å². The molecule has 5 heteroatoms. The fraction of sp³-hybridized carbons (Fsp3) is 0.364. The molecule has 0 fully saturated rings. The first-order valence-electron chi connectivity index (χ1n) is 4.85. The number of nitrogens with one attached hydrogen (secondary N) is 1. The summed E-state index contributed by atoms with van der Waals surface area (Å²) in [5, 5.41) is 12.5. The van der Waals surface area contributed by atoms with E-state index < -0.39 is 12.0 Å². The van der Waals surface area contributed by atoms with E-state index in [-0.39, 0.29) is 6.04 Å². The Morgan fingerprint density at radius 1 is 1.50 bits per heavy atom. The zero-order chi connectivity index (χ0) is 12.3. The summed E-state index contributed by atoms with van der Waals surface area (Å²) >= 11 is 9.30. The monoisotopic (exact) mass is 305 g/mol. The van der Waals surface area contributed by atoms with Crippen LogP contribution in [0.1, 0.15) is 25.5 Å². The van der Waals surface area contributed by atoms with Crippen molar-refractivity contribution in [2.75, 3.05) is 0 Å². The van der Waals surface area contributed by atoms with Gasteiger partial charge in [-0.25, -0.2) is 0 Å². The molecule has 0 radical (unpaired) electrons. The minimum atomic E-state index is -0.932. The zero-order valence-corrected chi connectivity index (χ0v) is 11.3. The number of hydrogen-bond donors (Lipinski definition) is 2. The maximum absolute atomic E-state index is 11.1. The summed E-state index contributed by atoms with van der Waals surface area (Å²) in [6, 6.07) is 4.47. The summed E-state index contributed by atoms with van der Waals surface area (Å²) in [5.41, 5.74) is 0.575. The van der Waals surface area contributed by atoms with Crippen molar-refractivity contribution in [1.29, 1.82) is 0 Å². The Hall–Kier alpha value is -0.580. The highest BCUT2D eigenvalue weighted by Crippen LogP contribution is 2.27. The van der Waals surface area contributed by atoms with Crippen LogP contribution in [0.5, 0.6) is 0 Å². The van der Waals surface area contributed by atoms with Gasteiger partial charge in [-0.2, -0.15) is 0 Å². The lowest BCUT2D eigenvalue weighted by atomic mass is 10.1. The van der Waals surface area contributed by atoms with Crippen LogP contribution in [0.2, 0.25) is 5.02 Å².